The minimum Gasteiger partial charge on any atom is -0.459 e. The Morgan fingerprint density at radius 2 is 1.57 bits per heavy atom. The number of fused-ring (bicyclic) bond motifs is 3. The van der Waals surface area contributed by atoms with E-state index in [0.717, 1.165) is 32.6 Å². The van der Waals surface area contributed by atoms with Gasteiger partial charge in [0.2, 0.25) is 0 Å². The van der Waals surface area contributed by atoms with Crippen LogP contribution in [-0.2, 0) is 47.7 Å². The predicted molar refractivity (Wildman–Crippen MR) is 164 cm³/mol. The number of hydrogen-bond donors (Lipinski definition) is 2. The van der Waals surface area contributed by atoms with Gasteiger partial charge < -0.3 is 33.9 Å². The molecule has 1 saturated carbocycles. The molecule has 2 aliphatic carbocycles. The van der Waals surface area contributed by atoms with Crippen molar-refractivity contribution in [1.29, 1.82) is 0 Å². The highest BCUT2D eigenvalue weighted by molar-refractivity contribution is 5.85. The number of unbranched alkanes of at least 4 members (excludes halogenated alkanes) is 4. The van der Waals surface area contributed by atoms with Gasteiger partial charge in [-0.05, 0) is 51.2 Å². The van der Waals surface area contributed by atoms with Gasteiger partial charge in [-0.2, -0.15) is 0 Å². The third kappa shape index (κ3) is 7.12. The molecule has 0 amide bonds. The van der Waals surface area contributed by atoms with Gasteiger partial charge in [0.15, 0.2) is 29.5 Å². The minimum absolute atomic E-state index is 0.0181. The molecule has 46 heavy (non-hydrogen) atoms. The van der Waals surface area contributed by atoms with E-state index in [9.17, 15) is 34.2 Å². The summed E-state index contributed by atoms with van der Waals surface area (Å²) in [6.45, 7) is 12.8. The highest BCUT2D eigenvalue weighted by Gasteiger charge is 2.76. The number of carbonyl (C=O) groups excluding carboxylic acids is 5. The van der Waals surface area contributed by atoms with E-state index < -0.39 is 89.3 Å². The van der Waals surface area contributed by atoms with E-state index in [1.54, 1.807) is 27.7 Å². The molecule has 9 atom stereocenters. The van der Waals surface area contributed by atoms with E-state index in [2.05, 4.69) is 6.92 Å². The molecule has 0 aromatic heterocycles. The van der Waals surface area contributed by atoms with Gasteiger partial charge in [-0.15, -0.1) is 0 Å². The Kier molecular flexibility index (Phi) is 12.1. The Morgan fingerprint density at radius 3 is 2.15 bits per heavy atom. The fraction of sp³-hybridized carbons (Fsp3) is 0.794. The van der Waals surface area contributed by atoms with Crippen molar-refractivity contribution in [2.45, 2.75) is 161 Å². The predicted octanol–water partition coefficient (Wildman–Crippen LogP) is 4.01. The quantitative estimate of drug-likeness (QED) is 0.120. The van der Waals surface area contributed by atoms with Crippen molar-refractivity contribution in [2.24, 2.45) is 11.8 Å². The molecule has 3 rings (SSSR count). The minimum atomic E-state index is -2.57. The summed E-state index contributed by atoms with van der Waals surface area (Å²) in [5.74, 6) is -5.33. The molecule has 0 spiro atoms. The van der Waals surface area contributed by atoms with Gasteiger partial charge in [0.1, 0.15) is 11.7 Å². The Balaban J connectivity index is 2.22. The van der Waals surface area contributed by atoms with Gasteiger partial charge in [0.05, 0.1) is 11.8 Å². The van der Waals surface area contributed by atoms with Crippen molar-refractivity contribution in [1.82, 2.24) is 0 Å². The second-order valence-corrected chi connectivity index (χ2v) is 13.4. The van der Waals surface area contributed by atoms with Crippen LogP contribution in [0, 0.1) is 11.8 Å². The Morgan fingerprint density at radius 1 is 0.935 bits per heavy atom. The van der Waals surface area contributed by atoms with E-state index in [1.807, 2.05) is 6.92 Å². The molecule has 0 aromatic carbocycles. The molecule has 260 valence electrons. The molecule has 2 fully saturated rings. The van der Waals surface area contributed by atoms with E-state index in [0.29, 0.717) is 24.8 Å². The lowest BCUT2D eigenvalue weighted by atomic mass is 9.75. The van der Waals surface area contributed by atoms with Crippen LogP contribution in [0.5, 0.6) is 0 Å². The molecular formula is C34H52O12. The van der Waals surface area contributed by atoms with E-state index in [1.165, 1.54) is 6.92 Å². The monoisotopic (exact) mass is 652 g/mol. The number of aliphatic hydroxyl groups is 2. The molecule has 3 aliphatic rings. The maximum absolute atomic E-state index is 13.3. The Labute approximate surface area is 271 Å². The summed E-state index contributed by atoms with van der Waals surface area (Å²) in [6, 6.07) is 0. The van der Waals surface area contributed by atoms with E-state index in [-0.39, 0.29) is 18.4 Å². The number of hydrogen-bond acceptors (Lipinski definition) is 12. The molecule has 0 radical (unpaired) electrons. The second-order valence-electron chi connectivity index (χ2n) is 13.4. The molecule has 0 aromatic rings. The fourth-order valence-corrected chi connectivity index (χ4v) is 6.98. The normalized spacial score (nSPS) is 34.1. The van der Waals surface area contributed by atoms with Crippen LogP contribution in [0.2, 0.25) is 0 Å². The van der Waals surface area contributed by atoms with Crippen molar-refractivity contribution in [2.75, 3.05) is 0 Å². The molecular weight excluding hydrogens is 600 g/mol. The largest absolute Gasteiger partial charge is 0.459 e. The lowest BCUT2D eigenvalue weighted by molar-refractivity contribution is -0.212. The van der Waals surface area contributed by atoms with Crippen molar-refractivity contribution >= 4 is 29.8 Å². The number of esters is 5. The van der Waals surface area contributed by atoms with Crippen molar-refractivity contribution in [3.05, 3.63) is 11.1 Å². The van der Waals surface area contributed by atoms with Gasteiger partial charge in [-0.25, -0.2) is 4.79 Å². The smallest absolute Gasteiger partial charge is 0.341 e. The van der Waals surface area contributed by atoms with Gasteiger partial charge in [0, 0.05) is 26.2 Å². The first-order valence-electron chi connectivity index (χ1n) is 16.6. The molecule has 2 N–H and O–H groups in total. The lowest BCUT2D eigenvalue weighted by Gasteiger charge is -2.41. The van der Waals surface area contributed by atoms with E-state index in [4.69, 9.17) is 23.7 Å². The Bertz CT molecular complexity index is 1210. The molecule has 0 bridgehead atoms. The van der Waals surface area contributed by atoms with Gasteiger partial charge in [-0.3, -0.25) is 19.2 Å². The van der Waals surface area contributed by atoms with Gasteiger partial charge in [-0.1, -0.05) is 53.4 Å². The molecule has 1 heterocycles. The van der Waals surface area contributed by atoms with Crippen LogP contribution in [0.1, 0.15) is 120 Å². The highest BCUT2D eigenvalue weighted by Crippen LogP contribution is 2.57. The highest BCUT2D eigenvalue weighted by atomic mass is 16.6. The molecule has 1 saturated heterocycles. The van der Waals surface area contributed by atoms with Gasteiger partial charge in [0.25, 0.3) is 0 Å². The van der Waals surface area contributed by atoms with E-state index >= 15 is 0 Å². The first kappa shape index (κ1) is 37.5. The SMILES string of the molecule is CCCCCCCC(=O)O[C@H]1[C@H]2C(=C(C)[C@@H]1OC(=O)[C@H](C)CC)[C@@H]1OC(=O)[C@@](C)(O)[C@@]1(O)[C@@H](OC(=O)CCC)C[C@]2(C)OC(C)=O. The second kappa shape index (κ2) is 14.8. The summed E-state index contributed by atoms with van der Waals surface area (Å²) in [5, 5.41) is 23.9. The fourth-order valence-electron chi connectivity index (χ4n) is 6.98. The summed E-state index contributed by atoms with van der Waals surface area (Å²) in [7, 11) is 0. The average Bonchev–Trinajstić information content (AvgIpc) is 3.30. The zero-order valence-corrected chi connectivity index (χ0v) is 28.5. The average molecular weight is 653 g/mol. The van der Waals surface area contributed by atoms with Crippen LogP contribution in [0.3, 0.4) is 0 Å². The zero-order chi connectivity index (χ0) is 34.6. The van der Waals surface area contributed by atoms with Crippen molar-refractivity contribution in [3.63, 3.8) is 0 Å². The van der Waals surface area contributed by atoms with Crippen molar-refractivity contribution in [3.8, 4) is 0 Å². The summed E-state index contributed by atoms with van der Waals surface area (Å²) >= 11 is 0. The van der Waals surface area contributed by atoms with Crippen LogP contribution in [0.4, 0.5) is 0 Å². The zero-order valence-electron chi connectivity index (χ0n) is 28.5. The summed E-state index contributed by atoms with van der Waals surface area (Å²) < 4.78 is 29.4. The molecule has 12 heteroatoms. The van der Waals surface area contributed by atoms with Crippen LogP contribution >= 0.6 is 0 Å². The first-order valence-corrected chi connectivity index (χ1v) is 16.6. The lowest BCUT2D eigenvalue weighted by Crippen LogP contribution is -2.64. The third-order valence-electron chi connectivity index (χ3n) is 9.78. The number of rotatable bonds is 14. The topological polar surface area (TPSA) is 172 Å². The molecule has 12 nitrogen and oxygen atoms in total. The molecule has 1 aliphatic heterocycles. The first-order chi connectivity index (χ1) is 21.5. The summed E-state index contributed by atoms with van der Waals surface area (Å²) in [5.41, 5.74) is -6.32. The van der Waals surface area contributed by atoms with Crippen LogP contribution in [0.15, 0.2) is 11.1 Å². The maximum atomic E-state index is 13.3. The number of ether oxygens (including phenoxy) is 5. The standard InChI is InChI=1S/C34H52O12/c1-9-12-13-14-15-17-24(37)43-28-26-25(20(5)27(28)44-30(38)19(4)11-3)29-34(41,33(8,40)31(39)45-29)22(42-23(36)16-10-2)18-32(26,7)46-21(6)35/h19,22,26-29,40-41H,9-18H2,1-8H3/t19-,22+,26-,27+,28+,29+,32+,33-,34-/m1/s1. The van der Waals surface area contributed by atoms with Crippen molar-refractivity contribution < 1.29 is 57.9 Å². The third-order valence-corrected chi connectivity index (χ3v) is 9.78. The molecule has 0 unspecified atom stereocenters. The Hall–Kier alpha value is -2.99. The van der Waals surface area contributed by atoms with Crippen LogP contribution < -0.4 is 0 Å². The van der Waals surface area contributed by atoms with Crippen LogP contribution in [0.25, 0.3) is 0 Å². The maximum Gasteiger partial charge on any atom is 0.341 e. The summed E-state index contributed by atoms with van der Waals surface area (Å²) in [4.78, 5) is 65.2. The number of carbonyl (C=O) groups is 5. The van der Waals surface area contributed by atoms with Crippen LogP contribution in [-0.4, -0.2) is 81.3 Å². The summed E-state index contributed by atoms with van der Waals surface area (Å²) in [6.07, 6.45) is -0.651. The van der Waals surface area contributed by atoms with Gasteiger partial charge >= 0.3 is 29.8 Å².